The quantitative estimate of drug-likeness (QED) is 0.304. The van der Waals surface area contributed by atoms with Gasteiger partial charge in [-0.1, -0.05) is 6.42 Å². The molecule has 1 rings (SSSR count). The lowest BCUT2D eigenvalue weighted by atomic mass is 9.85. The molecule has 58 valence electrons. The van der Waals surface area contributed by atoms with E-state index in [-0.39, 0.29) is 0 Å². The van der Waals surface area contributed by atoms with Crippen LogP contribution in [0.3, 0.4) is 0 Å². The second-order valence-electron chi connectivity index (χ2n) is 2.65. The van der Waals surface area contributed by atoms with E-state index >= 15 is 0 Å². The zero-order valence-electron chi connectivity index (χ0n) is 5.89. The third-order valence-electron chi connectivity index (χ3n) is 1.91. The Bertz CT molecular complexity index is 122. The molecule has 0 aromatic carbocycles. The van der Waals surface area contributed by atoms with Gasteiger partial charge in [-0.3, -0.25) is 0 Å². The van der Waals surface area contributed by atoms with Crippen molar-refractivity contribution in [2.24, 2.45) is 11.8 Å². The molecular formula is C6H13N3S. The molecule has 3 nitrogen and oxygen atoms in total. The highest BCUT2D eigenvalue weighted by atomic mass is 32.1. The van der Waals surface area contributed by atoms with Crippen LogP contribution in [0.2, 0.25) is 0 Å². The summed E-state index contributed by atoms with van der Waals surface area (Å²) in [6.07, 6.45) is 4.04. The molecule has 4 N–H and O–H groups in total. The number of nitrogens with two attached hydrogens (primary N) is 1. The van der Waals surface area contributed by atoms with E-state index in [1.54, 1.807) is 0 Å². The van der Waals surface area contributed by atoms with Crippen molar-refractivity contribution in [1.29, 1.82) is 0 Å². The van der Waals surface area contributed by atoms with Crippen LogP contribution < -0.4 is 16.6 Å². The maximum absolute atomic E-state index is 5.06. The Balaban J connectivity index is 1.98. The fourth-order valence-electron chi connectivity index (χ4n) is 0.985. The van der Waals surface area contributed by atoms with Crippen LogP contribution in [0.25, 0.3) is 0 Å². The summed E-state index contributed by atoms with van der Waals surface area (Å²) in [5.41, 5.74) is 2.39. The summed E-state index contributed by atoms with van der Waals surface area (Å²) in [4.78, 5) is 0. The zero-order valence-corrected chi connectivity index (χ0v) is 6.71. The molecule has 0 aromatic rings. The van der Waals surface area contributed by atoms with E-state index in [2.05, 4.69) is 10.7 Å². The Morgan fingerprint density at radius 3 is 2.70 bits per heavy atom. The van der Waals surface area contributed by atoms with Gasteiger partial charge >= 0.3 is 0 Å². The Morgan fingerprint density at radius 1 is 1.60 bits per heavy atom. The molecular weight excluding hydrogens is 146 g/mol. The van der Waals surface area contributed by atoms with E-state index in [1.807, 2.05) is 0 Å². The molecule has 0 radical (unpaired) electrons. The molecule has 1 aliphatic rings. The normalized spacial score (nSPS) is 17.7. The maximum Gasteiger partial charge on any atom is 0.180 e. The van der Waals surface area contributed by atoms with Crippen LogP contribution in [0.15, 0.2) is 0 Å². The van der Waals surface area contributed by atoms with Gasteiger partial charge in [0.25, 0.3) is 0 Å². The van der Waals surface area contributed by atoms with Crippen molar-refractivity contribution in [1.82, 2.24) is 10.7 Å². The molecule has 0 atom stereocenters. The molecule has 0 heterocycles. The molecule has 0 bridgehead atoms. The topological polar surface area (TPSA) is 50.1 Å². The van der Waals surface area contributed by atoms with Gasteiger partial charge in [0.1, 0.15) is 0 Å². The Hall–Kier alpha value is -0.350. The predicted molar refractivity (Wildman–Crippen MR) is 45.3 cm³/mol. The largest absolute Gasteiger partial charge is 0.361 e. The second-order valence-corrected chi connectivity index (χ2v) is 3.06. The molecule has 4 heteroatoms. The highest BCUT2D eigenvalue weighted by Gasteiger charge is 2.16. The molecule has 1 saturated carbocycles. The van der Waals surface area contributed by atoms with Gasteiger partial charge in [-0.2, -0.15) is 0 Å². The van der Waals surface area contributed by atoms with Crippen molar-refractivity contribution in [3.63, 3.8) is 0 Å². The minimum Gasteiger partial charge on any atom is -0.361 e. The number of rotatable bonds is 2. The van der Waals surface area contributed by atoms with Gasteiger partial charge < -0.3 is 10.7 Å². The molecule has 1 fully saturated rings. The molecule has 10 heavy (non-hydrogen) atoms. The van der Waals surface area contributed by atoms with Crippen LogP contribution in [0.4, 0.5) is 0 Å². The van der Waals surface area contributed by atoms with Crippen LogP contribution >= 0.6 is 12.2 Å². The SMILES string of the molecule is NNC(=S)NCC1CCC1. The van der Waals surface area contributed by atoms with Crippen LogP contribution in [-0.4, -0.2) is 11.7 Å². The van der Waals surface area contributed by atoms with E-state index < -0.39 is 0 Å². The fraction of sp³-hybridized carbons (Fsp3) is 0.833. The summed E-state index contributed by atoms with van der Waals surface area (Å²) in [5.74, 6) is 5.89. The van der Waals surface area contributed by atoms with Gasteiger partial charge in [0.15, 0.2) is 5.11 Å². The summed E-state index contributed by atoms with van der Waals surface area (Å²) < 4.78 is 0. The third-order valence-corrected chi connectivity index (χ3v) is 2.17. The zero-order chi connectivity index (χ0) is 7.40. The molecule has 0 spiro atoms. The van der Waals surface area contributed by atoms with Crippen molar-refractivity contribution < 1.29 is 0 Å². The van der Waals surface area contributed by atoms with Gasteiger partial charge in [-0.05, 0) is 31.0 Å². The Labute approximate surface area is 66.3 Å². The van der Waals surface area contributed by atoms with Crippen molar-refractivity contribution in [3.8, 4) is 0 Å². The number of hydrogen-bond donors (Lipinski definition) is 3. The van der Waals surface area contributed by atoms with E-state index in [0.29, 0.717) is 5.11 Å². The molecule has 0 saturated heterocycles. The Kier molecular flexibility index (Phi) is 2.89. The molecule has 1 aliphatic carbocycles. The summed E-state index contributed by atoms with van der Waals surface area (Å²) in [6.45, 7) is 0.975. The first-order chi connectivity index (χ1) is 4.83. The van der Waals surface area contributed by atoms with Crippen LogP contribution in [-0.2, 0) is 0 Å². The minimum atomic E-state index is 0.548. The van der Waals surface area contributed by atoms with E-state index in [4.69, 9.17) is 18.1 Å². The lowest BCUT2D eigenvalue weighted by Crippen LogP contribution is -2.42. The van der Waals surface area contributed by atoms with E-state index in [9.17, 15) is 0 Å². The molecule has 0 amide bonds. The smallest absolute Gasteiger partial charge is 0.180 e. The van der Waals surface area contributed by atoms with Crippen molar-refractivity contribution >= 4 is 17.3 Å². The fourth-order valence-corrected chi connectivity index (χ4v) is 1.07. The predicted octanol–water partition coefficient (Wildman–Crippen LogP) is 0.124. The van der Waals surface area contributed by atoms with Crippen molar-refractivity contribution in [3.05, 3.63) is 0 Å². The summed E-state index contributed by atoms with van der Waals surface area (Å²) in [7, 11) is 0. The Morgan fingerprint density at radius 2 is 2.30 bits per heavy atom. The van der Waals surface area contributed by atoms with Gasteiger partial charge in [0.2, 0.25) is 0 Å². The first-order valence-electron chi connectivity index (χ1n) is 3.57. The summed E-state index contributed by atoms with van der Waals surface area (Å²) in [5, 5.41) is 3.58. The van der Waals surface area contributed by atoms with Crippen LogP contribution in [0, 0.1) is 5.92 Å². The monoisotopic (exact) mass is 159 g/mol. The lowest BCUT2D eigenvalue weighted by Gasteiger charge is -2.25. The van der Waals surface area contributed by atoms with Gasteiger partial charge in [-0.15, -0.1) is 0 Å². The summed E-state index contributed by atoms with van der Waals surface area (Å²) >= 11 is 4.80. The standard InChI is InChI=1S/C6H13N3S/c7-9-6(10)8-4-5-2-1-3-5/h5H,1-4,7H2,(H2,8,9,10). The average molecular weight is 159 g/mol. The first kappa shape index (κ1) is 7.75. The van der Waals surface area contributed by atoms with Crippen LogP contribution in [0.1, 0.15) is 19.3 Å². The highest BCUT2D eigenvalue weighted by Crippen LogP contribution is 2.24. The van der Waals surface area contributed by atoms with Gasteiger partial charge in [-0.25, -0.2) is 5.84 Å². The average Bonchev–Trinajstić information content (AvgIpc) is 1.84. The van der Waals surface area contributed by atoms with Gasteiger partial charge in [0.05, 0.1) is 0 Å². The minimum absolute atomic E-state index is 0.548. The van der Waals surface area contributed by atoms with Gasteiger partial charge in [0, 0.05) is 6.54 Å². The molecule has 0 aromatic heterocycles. The van der Waals surface area contributed by atoms with E-state index in [0.717, 1.165) is 12.5 Å². The van der Waals surface area contributed by atoms with Crippen molar-refractivity contribution in [2.45, 2.75) is 19.3 Å². The molecule has 0 unspecified atom stereocenters. The summed E-state index contributed by atoms with van der Waals surface area (Å²) in [6, 6.07) is 0. The highest BCUT2D eigenvalue weighted by molar-refractivity contribution is 7.80. The second kappa shape index (κ2) is 3.73. The lowest BCUT2D eigenvalue weighted by molar-refractivity contribution is 0.315. The molecule has 0 aliphatic heterocycles. The first-order valence-corrected chi connectivity index (χ1v) is 3.98. The number of hydrogen-bond acceptors (Lipinski definition) is 2. The third kappa shape index (κ3) is 2.11. The van der Waals surface area contributed by atoms with E-state index in [1.165, 1.54) is 19.3 Å². The number of nitrogens with one attached hydrogen (secondary N) is 2. The van der Waals surface area contributed by atoms with Crippen LogP contribution in [0.5, 0.6) is 0 Å². The number of thiocarbonyl (C=S) groups is 1. The maximum atomic E-state index is 5.06. The van der Waals surface area contributed by atoms with Crippen molar-refractivity contribution in [2.75, 3.05) is 6.54 Å². The number of hydrazine groups is 1.